The van der Waals surface area contributed by atoms with Gasteiger partial charge in [-0.1, -0.05) is 40.9 Å². The highest BCUT2D eigenvalue weighted by atomic mass is 35.5. The summed E-state index contributed by atoms with van der Waals surface area (Å²) in [6, 6.07) is 11.1. The molecule has 2 heterocycles. The fraction of sp³-hybridized carbons (Fsp3) is 0.143. The number of aliphatic hydroxyl groups excluding tert-OH is 1. The molecule has 224 valence electrons. The minimum absolute atomic E-state index is 0.0644. The summed E-state index contributed by atoms with van der Waals surface area (Å²) in [5.41, 5.74) is -0.563. The van der Waals surface area contributed by atoms with Gasteiger partial charge in [-0.25, -0.2) is 22.5 Å². The van der Waals surface area contributed by atoms with Crippen molar-refractivity contribution < 1.29 is 35.5 Å². The molecule has 0 aliphatic rings. The Hall–Kier alpha value is -3.42. The van der Waals surface area contributed by atoms with E-state index in [1.165, 1.54) is 30.3 Å². The van der Waals surface area contributed by atoms with E-state index in [2.05, 4.69) is 10.1 Å². The maximum atomic E-state index is 15.0. The Morgan fingerprint density at radius 3 is 2.30 bits per heavy atom. The second kappa shape index (κ2) is 11.3. The smallest absolute Gasteiger partial charge is 0.436 e. The third kappa shape index (κ3) is 6.02. The van der Waals surface area contributed by atoms with Gasteiger partial charge in [0.15, 0.2) is 27.2 Å². The molecule has 15 heteroatoms. The van der Waals surface area contributed by atoms with Gasteiger partial charge in [-0.2, -0.15) is 18.3 Å². The number of hydrogen-bond acceptors (Lipinski definition) is 6. The van der Waals surface area contributed by atoms with Gasteiger partial charge in [-0.05, 0) is 53.6 Å². The summed E-state index contributed by atoms with van der Waals surface area (Å²) in [6.07, 6.45) is -3.00. The molecule has 0 aliphatic carbocycles. The summed E-state index contributed by atoms with van der Waals surface area (Å²) in [6.45, 7) is 0.692. The van der Waals surface area contributed by atoms with Gasteiger partial charge in [-0.15, -0.1) is 0 Å². The third-order valence-corrected chi connectivity index (χ3v) is 8.38. The van der Waals surface area contributed by atoms with E-state index in [1.54, 1.807) is 19.1 Å². The van der Waals surface area contributed by atoms with Gasteiger partial charge in [0.2, 0.25) is 0 Å². The SMILES string of the molecule is Cc1nc(-c2ccc(Cl)cc2Cl)c(-c2cc(-c3cc(F)c(CO)c(S(C)(=O)=O)c3)ccc2-n2cc(Cl)c(C(F)(F)F)n2)o1. The van der Waals surface area contributed by atoms with E-state index in [4.69, 9.17) is 39.2 Å². The Balaban J connectivity index is 1.81. The maximum absolute atomic E-state index is 15.0. The van der Waals surface area contributed by atoms with E-state index in [0.717, 1.165) is 23.2 Å². The highest BCUT2D eigenvalue weighted by Gasteiger charge is 2.37. The van der Waals surface area contributed by atoms with E-state index >= 15 is 4.39 Å². The van der Waals surface area contributed by atoms with Gasteiger partial charge in [0.1, 0.15) is 11.5 Å². The molecule has 43 heavy (non-hydrogen) atoms. The van der Waals surface area contributed by atoms with Crippen molar-refractivity contribution in [3.05, 3.63) is 92.8 Å². The maximum Gasteiger partial charge on any atom is 0.436 e. The van der Waals surface area contributed by atoms with Gasteiger partial charge in [0, 0.05) is 34.9 Å². The van der Waals surface area contributed by atoms with Crippen LogP contribution in [0, 0.1) is 12.7 Å². The molecule has 0 spiro atoms. The van der Waals surface area contributed by atoms with Crippen LogP contribution in [-0.4, -0.2) is 34.5 Å². The molecule has 0 aliphatic heterocycles. The first-order valence-corrected chi connectivity index (χ1v) is 15.1. The second-order valence-electron chi connectivity index (χ2n) is 9.40. The first-order chi connectivity index (χ1) is 20.1. The average molecular weight is 675 g/mol. The first kappa shape index (κ1) is 31.0. The second-order valence-corrected chi connectivity index (χ2v) is 12.6. The molecular weight excluding hydrogens is 657 g/mol. The van der Waals surface area contributed by atoms with Crippen molar-refractivity contribution in [2.45, 2.75) is 24.6 Å². The number of aliphatic hydroxyl groups is 1. The normalized spacial score (nSPS) is 12.2. The van der Waals surface area contributed by atoms with Crippen molar-refractivity contribution in [3.63, 3.8) is 0 Å². The number of rotatable bonds is 6. The zero-order valence-electron chi connectivity index (χ0n) is 22.0. The molecule has 7 nitrogen and oxygen atoms in total. The number of alkyl halides is 3. The number of aryl methyl sites for hydroxylation is 1. The van der Waals surface area contributed by atoms with E-state index in [0.29, 0.717) is 10.6 Å². The van der Waals surface area contributed by atoms with Gasteiger partial charge in [-0.3, -0.25) is 0 Å². The lowest BCUT2D eigenvalue weighted by molar-refractivity contribution is -0.141. The lowest BCUT2D eigenvalue weighted by Gasteiger charge is -2.14. The van der Waals surface area contributed by atoms with Crippen LogP contribution in [0.3, 0.4) is 0 Å². The Bertz CT molecular complexity index is 2010. The molecule has 0 saturated carbocycles. The molecule has 5 rings (SSSR count). The van der Waals surface area contributed by atoms with E-state index in [-0.39, 0.29) is 44.7 Å². The Labute approximate surface area is 257 Å². The molecule has 0 unspecified atom stereocenters. The van der Waals surface area contributed by atoms with Crippen molar-refractivity contribution in [2.75, 3.05) is 6.26 Å². The molecular formula is C28H18Cl3F4N3O4S. The number of benzene rings is 3. The summed E-state index contributed by atoms with van der Waals surface area (Å²) < 4.78 is 87.4. The molecule has 1 N–H and O–H groups in total. The van der Waals surface area contributed by atoms with Crippen molar-refractivity contribution in [3.8, 4) is 39.4 Å². The van der Waals surface area contributed by atoms with Crippen LogP contribution in [0.2, 0.25) is 15.1 Å². The van der Waals surface area contributed by atoms with Crippen LogP contribution < -0.4 is 0 Å². The Morgan fingerprint density at radius 1 is 0.977 bits per heavy atom. The minimum atomic E-state index is -4.85. The topological polar surface area (TPSA) is 98.2 Å². The summed E-state index contributed by atoms with van der Waals surface area (Å²) in [5, 5.41) is 13.1. The van der Waals surface area contributed by atoms with Crippen LogP contribution in [-0.2, 0) is 22.6 Å². The van der Waals surface area contributed by atoms with Crippen LogP contribution in [0.5, 0.6) is 0 Å². The average Bonchev–Trinajstić information content (AvgIpc) is 3.49. The largest absolute Gasteiger partial charge is 0.440 e. The lowest BCUT2D eigenvalue weighted by Crippen LogP contribution is -2.08. The molecule has 0 amide bonds. The van der Waals surface area contributed by atoms with Crippen LogP contribution in [0.25, 0.3) is 39.4 Å². The number of halogens is 7. The highest BCUT2D eigenvalue weighted by molar-refractivity contribution is 7.90. The number of aromatic nitrogens is 3. The first-order valence-electron chi connectivity index (χ1n) is 12.1. The summed E-state index contributed by atoms with van der Waals surface area (Å²) >= 11 is 18.4. The third-order valence-electron chi connectivity index (χ3n) is 6.39. The fourth-order valence-corrected chi connectivity index (χ4v) is 6.19. The van der Waals surface area contributed by atoms with Crippen LogP contribution >= 0.6 is 34.8 Å². The molecule has 0 saturated heterocycles. The number of sulfone groups is 1. The number of oxazole rings is 1. The van der Waals surface area contributed by atoms with Crippen molar-refractivity contribution in [1.29, 1.82) is 0 Å². The van der Waals surface area contributed by atoms with Gasteiger partial charge >= 0.3 is 6.18 Å². The van der Waals surface area contributed by atoms with E-state index in [1.807, 2.05) is 0 Å². The Morgan fingerprint density at radius 2 is 1.70 bits per heavy atom. The van der Waals surface area contributed by atoms with E-state index in [9.17, 15) is 26.7 Å². The molecule has 0 fully saturated rings. The summed E-state index contributed by atoms with van der Waals surface area (Å²) in [5.74, 6) is -0.724. The zero-order valence-corrected chi connectivity index (χ0v) is 25.1. The van der Waals surface area contributed by atoms with Crippen LogP contribution in [0.4, 0.5) is 17.6 Å². The molecule has 0 bridgehead atoms. The monoisotopic (exact) mass is 673 g/mol. The van der Waals surface area contributed by atoms with Crippen LogP contribution in [0.15, 0.2) is 64.0 Å². The van der Waals surface area contributed by atoms with E-state index < -0.39 is 49.6 Å². The summed E-state index contributed by atoms with van der Waals surface area (Å²) in [7, 11) is -3.97. The zero-order chi connectivity index (χ0) is 31.4. The number of hydrogen-bond donors (Lipinski definition) is 1. The van der Waals surface area contributed by atoms with Crippen molar-refractivity contribution in [2.24, 2.45) is 0 Å². The quantitative estimate of drug-likeness (QED) is 0.183. The van der Waals surface area contributed by atoms with Gasteiger partial charge < -0.3 is 9.52 Å². The van der Waals surface area contributed by atoms with Crippen molar-refractivity contribution in [1.82, 2.24) is 14.8 Å². The number of nitrogens with zero attached hydrogens (tertiary/aromatic N) is 3. The molecule has 2 aromatic heterocycles. The van der Waals surface area contributed by atoms with Gasteiger partial charge in [0.05, 0.1) is 33.4 Å². The predicted molar refractivity (Wildman–Crippen MR) is 154 cm³/mol. The lowest BCUT2D eigenvalue weighted by atomic mass is 9.97. The van der Waals surface area contributed by atoms with Gasteiger partial charge in [0.25, 0.3) is 0 Å². The Kier molecular flexibility index (Phi) is 8.12. The predicted octanol–water partition coefficient (Wildman–Crippen LogP) is 8.18. The molecule has 5 aromatic rings. The standard InChI is InChI=1S/C28H18Cl3F4N3O4S/c1-13-36-25(17-5-4-16(29)10-20(17)30)26(42-13)18-7-14(15-8-22(32)19(12-39)24(9-15)43(2,40)41)3-6-23(18)38-11-21(31)27(37-38)28(33,34)35/h3-11,39H,12H2,1-2H3. The van der Waals surface area contributed by atoms with Crippen molar-refractivity contribution >= 4 is 44.6 Å². The molecule has 0 radical (unpaired) electrons. The fourth-order valence-electron chi connectivity index (χ4n) is 4.50. The molecule has 0 atom stereocenters. The molecule has 3 aromatic carbocycles. The minimum Gasteiger partial charge on any atom is -0.440 e. The highest BCUT2D eigenvalue weighted by Crippen LogP contribution is 2.42. The summed E-state index contributed by atoms with van der Waals surface area (Å²) in [4.78, 5) is 4.01. The van der Waals surface area contributed by atoms with Crippen LogP contribution in [0.1, 0.15) is 17.1 Å².